The number of aliphatic carboxylic acids is 1. The van der Waals surface area contributed by atoms with Crippen molar-refractivity contribution >= 4 is 24.3 Å². The molecule has 0 aromatic heterocycles. The van der Waals surface area contributed by atoms with Crippen molar-refractivity contribution in [2.45, 2.75) is 25.4 Å². The highest BCUT2D eigenvalue weighted by Gasteiger charge is 2.36. The van der Waals surface area contributed by atoms with Gasteiger partial charge in [-0.1, -0.05) is 0 Å². The van der Waals surface area contributed by atoms with E-state index in [0.29, 0.717) is 19.6 Å². The first kappa shape index (κ1) is 16.1. The number of carboxylic acids is 1. The quantitative estimate of drug-likeness (QED) is 0.632. The zero-order chi connectivity index (χ0) is 12.1. The van der Waals surface area contributed by atoms with Crippen LogP contribution < -0.4 is 10.6 Å². The SMILES string of the molecule is COC[C@@H]1C[C@H](C(=O)O)N[C@H]1CNC(C)=O.Cl. The number of nitrogens with one attached hydrogen (secondary N) is 2. The first-order valence-corrected chi connectivity index (χ1v) is 5.26. The molecule has 6 nitrogen and oxygen atoms in total. The van der Waals surface area contributed by atoms with Gasteiger partial charge in [-0.05, 0) is 6.42 Å². The fourth-order valence-corrected chi connectivity index (χ4v) is 1.98. The lowest BCUT2D eigenvalue weighted by molar-refractivity contribution is -0.139. The summed E-state index contributed by atoms with van der Waals surface area (Å²) in [5, 5.41) is 14.6. The molecule has 100 valence electrons. The summed E-state index contributed by atoms with van der Waals surface area (Å²) in [6.45, 7) is 2.38. The van der Waals surface area contributed by atoms with E-state index in [9.17, 15) is 9.59 Å². The Hall–Kier alpha value is -0.850. The van der Waals surface area contributed by atoms with E-state index in [2.05, 4.69) is 10.6 Å². The van der Waals surface area contributed by atoms with Crippen LogP contribution in [0.1, 0.15) is 13.3 Å². The molecule has 1 aliphatic heterocycles. The molecule has 0 saturated carbocycles. The van der Waals surface area contributed by atoms with Crippen molar-refractivity contribution in [3.63, 3.8) is 0 Å². The molecular weight excluding hydrogens is 248 g/mol. The van der Waals surface area contributed by atoms with Crippen LogP contribution >= 0.6 is 12.4 Å². The average Bonchev–Trinajstić information content (AvgIpc) is 2.59. The van der Waals surface area contributed by atoms with Crippen LogP contribution in [0.5, 0.6) is 0 Å². The van der Waals surface area contributed by atoms with Gasteiger partial charge in [0.1, 0.15) is 6.04 Å². The molecule has 1 heterocycles. The molecule has 0 aromatic carbocycles. The van der Waals surface area contributed by atoms with E-state index in [1.807, 2.05) is 0 Å². The third-order valence-electron chi connectivity index (χ3n) is 2.77. The molecule has 0 unspecified atom stereocenters. The molecule has 1 fully saturated rings. The van der Waals surface area contributed by atoms with Gasteiger partial charge in [-0.15, -0.1) is 12.4 Å². The Bertz CT molecular complexity index is 275. The minimum absolute atomic E-state index is 0. The normalized spacial score (nSPS) is 27.3. The van der Waals surface area contributed by atoms with Crippen LogP contribution in [0.3, 0.4) is 0 Å². The number of rotatable bonds is 5. The number of halogens is 1. The van der Waals surface area contributed by atoms with E-state index < -0.39 is 12.0 Å². The summed E-state index contributed by atoms with van der Waals surface area (Å²) < 4.78 is 5.05. The first-order chi connectivity index (χ1) is 7.54. The zero-order valence-electron chi connectivity index (χ0n) is 9.93. The maximum absolute atomic E-state index is 10.8. The number of carbonyl (C=O) groups excluding carboxylic acids is 1. The van der Waals surface area contributed by atoms with Crippen LogP contribution in [-0.4, -0.2) is 49.3 Å². The molecule has 17 heavy (non-hydrogen) atoms. The zero-order valence-corrected chi connectivity index (χ0v) is 10.8. The van der Waals surface area contributed by atoms with Crippen molar-refractivity contribution in [2.24, 2.45) is 5.92 Å². The van der Waals surface area contributed by atoms with Gasteiger partial charge in [-0.25, -0.2) is 0 Å². The summed E-state index contributed by atoms with van der Waals surface area (Å²) in [5.74, 6) is -0.846. The second-order valence-corrected chi connectivity index (χ2v) is 4.05. The molecule has 3 N–H and O–H groups in total. The van der Waals surface area contributed by atoms with Crippen LogP contribution in [-0.2, 0) is 14.3 Å². The van der Waals surface area contributed by atoms with Crippen molar-refractivity contribution in [1.29, 1.82) is 0 Å². The van der Waals surface area contributed by atoms with Gasteiger partial charge >= 0.3 is 5.97 Å². The summed E-state index contributed by atoms with van der Waals surface area (Å²) in [5.41, 5.74) is 0. The van der Waals surface area contributed by atoms with Gasteiger partial charge in [-0.3, -0.25) is 14.9 Å². The molecular formula is C10H19ClN2O4. The van der Waals surface area contributed by atoms with Gasteiger partial charge in [0.05, 0.1) is 6.61 Å². The van der Waals surface area contributed by atoms with Gasteiger partial charge in [0.25, 0.3) is 0 Å². The van der Waals surface area contributed by atoms with Crippen molar-refractivity contribution in [3.05, 3.63) is 0 Å². The minimum Gasteiger partial charge on any atom is -0.480 e. The summed E-state index contributed by atoms with van der Waals surface area (Å²) in [7, 11) is 1.59. The van der Waals surface area contributed by atoms with E-state index in [1.165, 1.54) is 6.92 Å². The molecule has 0 bridgehead atoms. The van der Waals surface area contributed by atoms with Crippen molar-refractivity contribution in [3.8, 4) is 0 Å². The summed E-state index contributed by atoms with van der Waals surface area (Å²) in [6, 6.07) is -0.580. The highest BCUT2D eigenvalue weighted by molar-refractivity contribution is 5.85. The largest absolute Gasteiger partial charge is 0.480 e. The Kier molecular flexibility index (Phi) is 7.10. The van der Waals surface area contributed by atoms with Crippen molar-refractivity contribution in [1.82, 2.24) is 10.6 Å². The molecule has 1 aliphatic rings. The Morgan fingerprint density at radius 1 is 1.53 bits per heavy atom. The predicted octanol–water partition coefficient (Wildman–Crippen LogP) is -0.378. The molecule has 1 rings (SSSR count). The Balaban J connectivity index is 0.00000256. The average molecular weight is 267 g/mol. The van der Waals surface area contributed by atoms with Gasteiger partial charge < -0.3 is 15.2 Å². The first-order valence-electron chi connectivity index (χ1n) is 5.26. The topological polar surface area (TPSA) is 87.7 Å². The van der Waals surface area contributed by atoms with E-state index in [1.54, 1.807) is 7.11 Å². The summed E-state index contributed by atoms with van der Waals surface area (Å²) >= 11 is 0. The number of amides is 1. The molecule has 0 radical (unpaired) electrons. The monoisotopic (exact) mass is 266 g/mol. The Labute approximate surface area is 107 Å². The fourth-order valence-electron chi connectivity index (χ4n) is 1.98. The standard InChI is InChI=1S/C10H18N2O4.ClH/c1-6(13)11-4-9-7(5-16-2)3-8(12-9)10(14)15;/h7-9,12H,3-5H2,1-2H3,(H,11,13)(H,14,15);1H/t7-,8+,9-;/m0./s1. The fraction of sp³-hybridized carbons (Fsp3) is 0.800. The maximum Gasteiger partial charge on any atom is 0.320 e. The molecule has 1 saturated heterocycles. The minimum atomic E-state index is -0.855. The molecule has 7 heteroatoms. The van der Waals surface area contributed by atoms with Crippen LogP contribution in [0, 0.1) is 5.92 Å². The number of ether oxygens (including phenoxy) is 1. The van der Waals surface area contributed by atoms with E-state index in [0.717, 1.165) is 0 Å². The number of hydrogen-bond acceptors (Lipinski definition) is 4. The Morgan fingerprint density at radius 2 is 2.18 bits per heavy atom. The van der Waals surface area contributed by atoms with Gasteiger partial charge in [-0.2, -0.15) is 0 Å². The lowest BCUT2D eigenvalue weighted by Gasteiger charge is -2.18. The second-order valence-electron chi connectivity index (χ2n) is 4.05. The lowest BCUT2D eigenvalue weighted by Crippen LogP contribution is -2.44. The van der Waals surface area contributed by atoms with E-state index in [-0.39, 0.29) is 30.3 Å². The van der Waals surface area contributed by atoms with Gasteiger partial charge in [0.2, 0.25) is 5.91 Å². The Morgan fingerprint density at radius 3 is 2.65 bits per heavy atom. The summed E-state index contributed by atoms with van der Waals surface area (Å²) in [6.07, 6.45) is 0.535. The third-order valence-corrected chi connectivity index (χ3v) is 2.77. The lowest BCUT2D eigenvalue weighted by atomic mass is 10.00. The molecule has 1 amide bonds. The number of carbonyl (C=O) groups is 2. The molecule has 0 spiro atoms. The van der Waals surface area contributed by atoms with Crippen molar-refractivity contribution < 1.29 is 19.4 Å². The van der Waals surface area contributed by atoms with Crippen molar-refractivity contribution in [2.75, 3.05) is 20.3 Å². The highest BCUT2D eigenvalue weighted by atomic mass is 35.5. The number of hydrogen-bond donors (Lipinski definition) is 3. The van der Waals surface area contributed by atoms with Gasteiger partial charge in [0.15, 0.2) is 0 Å². The molecule has 0 aromatic rings. The molecule has 3 atom stereocenters. The van der Waals surface area contributed by atoms with Gasteiger partial charge in [0, 0.05) is 32.5 Å². The van der Waals surface area contributed by atoms with Crippen LogP contribution in [0.25, 0.3) is 0 Å². The number of methoxy groups -OCH3 is 1. The number of carboxylic acid groups (broad SMARTS) is 1. The smallest absolute Gasteiger partial charge is 0.320 e. The maximum atomic E-state index is 10.8. The predicted molar refractivity (Wildman–Crippen MR) is 64.3 cm³/mol. The van der Waals surface area contributed by atoms with E-state index in [4.69, 9.17) is 9.84 Å². The molecule has 0 aliphatic carbocycles. The highest BCUT2D eigenvalue weighted by Crippen LogP contribution is 2.20. The van der Waals surface area contributed by atoms with Crippen LogP contribution in [0.15, 0.2) is 0 Å². The van der Waals surface area contributed by atoms with E-state index >= 15 is 0 Å². The van der Waals surface area contributed by atoms with Crippen LogP contribution in [0.4, 0.5) is 0 Å². The third kappa shape index (κ3) is 4.89. The van der Waals surface area contributed by atoms with Crippen LogP contribution in [0.2, 0.25) is 0 Å². The second kappa shape index (κ2) is 7.47. The summed E-state index contributed by atoms with van der Waals surface area (Å²) in [4.78, 5) is 21.6.